The van der Waals surface area contributed by atoms with Crippen molar-refractivity contribution in [3.05, 3.63) is 0 Å². The van der Waals surface area contributed by atoms with Gasteiger partial charge in [-0.3, -0.25) is 9.59 Å². The van der Waals surface area contributed by atoms with Gasteiger partial charge in [0.1, 0.15) is 5.78 Å². The van der Waals surface area contributed by atoms with Crippen LogP contribution in [-0.4, -0.2) is 44.6 Å². The predicted octanol–water partition coefficient (Wildman–Crippen LogP) is -1.62. The molecular weight excluding hydrogens is 283 g/mol. The van der Waals surface area contributed by atoms with Gasteiger partial charge in [-0.25, -0.2) is 4.79 Å². The minimum atomic E-state index is -1.55. The molecule has 0 aliphatic carbocycles. The van der Waals surface area contributed by atoms with Crippen LogP contribution < -0.4 is 0 Å². The fourth-order valence-electron chi connectivity index (χ4n) is 0.655. The maximum Gasteiger partial charge on any atom is 0.372 e. The van der Waals surface area contributed by atoms with Crippen LogP contribution in [0.4, 0.5) is 0 Å². The summed E-state index contributed by atoms with van der Waals surface area (Å²) in [6.07, 6.45) is 0.839. The Hall–Kier alpha value is -0.372. The minimum absolute atomic E-state index is 0. The third kappa shape index (κ3) is 19.9. The molecule has 8 heteroatoms. The third-order valence-corrected chi connectivity index (χ3v) is 1.36. The van der Waals surface area contributed by atoms with Gasteiger partial charge in [-0.05, 0) is 6.92 Å². The second-order valence-corrected chi connectivity index (χ2v) is 2.96. The summed E-state index contributed by atoms with van der Waals surface area (Å²) in [4.78, 5) is 29.9. The molecule has 0 saturated carbocycles. The van der Waals surface area contributed by atoms with Crippen LogP contribution in [0.3, 0.4) is 0 Å². The normalized spacial score (nSPS) is 7.33. The van der Waals surface area contributed by atoms with Crippen molar-refractivity contribution in [1.29, 1.82) is 0 Å². The van der Waals surface area contributed by atoms with E-state index in [1.54, 1.807) is 0 Å². The van der Waals surface area contributed by atoms with E-state index >= 15 is 0 Å². The molecule has 85 valence electrons. The maximum absolute atomic E-state index is 10.1. The summed E-state index contributed by atoms with van der Waals surface area (Å²) >= 11 is 0. The van der Waals surface area contributed by atoms with Gasteiger partial charge in [0.05, 0.1) is 28.4 Å². The van der Waals surface area contributed by atoms with E-state index in [-0.39, 0.29) is 19.5 Å². The van der Waals surface area contributed by atoms with Crippen LogP contribution in [0.15, 0.2) is 0 Å². The second kappa shape index (κ2) is 13.6. The molecule has 0 rings (SSSR count). The molecule has 0 aliphatic heterocycles. The van der Waals surface area contributed by atoms with Crippen molar-refractivity contribution in [2.45, 2.75) is 26.6 Å². The molecule has 0 aromatic heterocycles. The van der Waals surface area contributed by atoms with Gasteiger partial charge in [0.15, 0.2) is 0 Å². The summed E-state index contributed by atoms with van der Waals surface area (Å²) in [7, 11) is 4.94. The van der Waals surface area contributed by atoms with Crippen molar-refractivity contribution in [1.82, 2.24) is 0 Å². The van der Waals surface area contributed by atoms with Crippen LogP contribution in [0.5, 0.6) is 0 Å². The Kier molecular flexibility index (Phi) is 18.3. The van der Waals surface area contributed by atoms with E-state index in [4.69, 9.17) is 5.11 Å². The van der Waals surface area contributed by atoms with Crippen LogP contribution >= 0.6 is 0 Å². The van der Waals surface area contributed by atoms with Gasteiger partial charge in [-0.2, -0.15) is 0 Å². The molecule has 0 aliphatic rings. The Labute approximate surface area is 105 Å². The topological polar surface area (TPSA) is 71.4 Å². The first-order chi connectivity index (χ1) is 6.45. The summed E-state index contributed by atoms with van der Waals surface area (Å²) in [5, 5.41) is 7.93. The van der Waals surface area contributed by atoms with Crippen LogP contribution in [0, 0.1) is 0 Å². The smallest absolute Gasteiger partial charge is 0.372 e. The van der Waals surface area contributed by atoms with Gasteiger partial charge in [-0.1, -0.05) is 13.2 Å². The number of carbonyl (C=O) groups is 3. The Bertz CT molecular complexity index is 208. The van der Waals surface area contributed by atoms with Crippen molar-refractivity contribution in [3.63, 3.8) is 0 Å². The van der Waals surface area contributed by atoms with E-state index < -0.39 is 24.0 Å². The molecule has 0 bridgehead atoms. The Morgan fingerprint density at radius 2 is 1.80 bits per heavy atom. The minimum Gasteiger partial charge on any atom is -0.475 e. The van der Waals surface area contributed by atoms with E-state index in [1.807, 2.05) is 0 Å². The largest absolute Gasteiger partial charge is 0.475 e. The molecular formula is C7H15B3O4Rh. The number of Topliss-reactive ketones (excluding diaryl/α,β-unsaturated/α-hetero) is 2. The molecule has 1 radical (unpaired) electrons. The number of carboxylic acid groups (broad SMARTS) is 1. The summed E-state index contributed by atoms with van der Waals surface area (Å²) < 4.78 is 0. The Balaban J connectivity index is -0.000000208. The summed E-state index contributed by atoms with van der Waals surface area (Å²) in [5.41, 5.74) is 0. The van der Waals surface area contributed by atoms with E-state index in [0.29, 0.717) is 0 Å². The standard InChI is InChI=1S/C5H6O4.C2H9B3.Rh/c1-3(6)2-4(7)5(8)9;1-2-4-5-3;/h2H2,1H3,(H,8,9);4-5H,2-3H2,1H3;. The van der Waals surface area contributed by atoms with Gasteiger partial charge >= 0.3 is 5.97 Å². The summed E-state index contributed by atoms with van der Waals surface area (Å²) in [5.74, 6) is -3.03. The zero-order valence-corrected chi connectivity index (χ0v) is 11.0. The molecule has 0 unspecified atom stereocenters. The summed E-state index contributed by atoms with van der Waals surface area (Å²) in [6, 6.07) is 0. The molecule has 0 amide bonds. The molecule has 15 heavy (non-hydrogen) atoms. The molecule has 0 fully saturated rings. The van der Waals surface area contributed by atoms with Gasteiger partial charge in [0, 0.05) is 19.5 Å². The van der Waals surface area contributed by atoms with Crippen molar-refractivity contribution >= 4 is 39.5 Å². The number of rotatable bonds is 5. The first-order valence-electron chi connectivity index (χ1n) is 4.71. The molecule has 4 nitrogen and oxygen atoms in total. The van der Waals surface area contributed by atoms with E-state index in [9.17, 15) is 14.4 Å². The number of hydrogen-bond acceptors (Lipinski definition) is 3. The predicted molar refractivity (Wildman–Crippen MR) is 61.3 cm³/mol. The van der Waals surface area contributed by atoms with Crippen molar-refractivity contribution in [2.24, 2.45) is 0 Å². The van der Waals surface area contributed by atoms with Crippen LogP contribution in [0.1, 0.15) is 20.3 Å². The van der Waals surface area contributed by atoms with E-state index in [2.05, 4.69) is 14.7 Å². The summed E-state index contributed by atoms with van der Waals surface area (Å²) in [6.45, 7) is 3.38. The van der Waals surface area contributed by atoms with Gasteiger partial charge in [-0.15, -0.1) is 0 Å². The Morgan fingerprint density at radius 1 is 1.33 bits per heavy atom. The molecule has 0 atom stereocenters. The van der Waals surface area contributed by atoms with E-state index in [0.717, 1.165) is 0 Å². The van der Waals surface area contributed by atoms with Crippen LogP contribution in [-0.2, 0) is 33.9 Å². The fraction of sp³-hybridized carbons (Fsp3) is 0.571. The van der Waals surface area contributed by atoms with Crippen molar-refractivity contribution in [2.75, 3.05) is 0 Å². The number of hydrogen-bond donors (Lipinski definition) is 1. The number of carboxylic acids is 1. The average Bonchev–Trinajstić information content (AvgIpc) is 2.05. The molecule has 0 saturated heterocycles. The quantitative estimate of drug-likeness (QED) is 0.376. The fourth-order valence-corrected chi connectivity index (χ4v) is 0.655. The number of aliphatic carboxylic acids is 1. The molecule has 1 N–H and O–H groups in total. The second-order valence-electron chi connectivity index (χ2n) is 2.96. The van der Waals surface area contributed by atoms with Gasteiger partial charge in [0.25, 0.3) is 0 Å². The van der Waals surface area contributed by atoms with Gasteiger partial charge < -0.3 is 5.11 Å². The van der Waals surface area contributed by atoms with Gasteiger partial charge in [0.2, 0.25) is 5.78 Å². The molecule has 0 aromatic rings. The zero-order valence-electron chi connectivity index (χ0n) is 9.33. The first-order valence-corrected chi connectivity index (χ1v) is 4.71. The Morgan fingerprint density at radius 3 is 1.87 bits per heavy atom. The van der Waals surface area contributed by atoms with Crippen molar-refractivity contribution < 1.29 is 39.0 Å². The van der Waals surface area contributed by atoms with Crippen molar-refractivity contribution in [3.8, 4) is 0 Å². The average molecular weight is 299 g/mol. The number of carbonyl (C=O) groups excluding carboxylic acids is 2. The molecule has 0 heterocycles. The zero-order chi connectivity index (χ0) is 11.6. The number of ketones is 2. The monoisotopic (exact) mass is 299 g/mol. The maximum atomic E-state index is 10.1. The first kappa shape index (κ1) is 20.1. The van der Waals surface area contributed by atoms with Crippen LogP contribution in [0.2, 0.25) is 6.32 Å². The van der Waals surface area contributed by atoms with Crippen LogP contribution in [0.25, 0.3) is 0 Å². The third-order valence-electron chi connectivity index (χ3n) is 1.36. The molecule has 0 spiro atoms. The molecule has 0 aromatic carbocycles. The van der Waals surface area contributed by atoms with E-state index in [1.165, 1.54) is 27.5 Å². The SMILES string of the molecule is BBBCC.CC(=O)CC(=O)C(=O)O.[Rh].